The average molecular weight is 256 g/mol. The van der Waals surface area contributed by atoms with E-state index in [1.54, 1.807) is 17.3 Å². The lowest BCUT2D eigenvalue weighted by molar-refractivity contribution is 0.482. The van der Waals surface area contributed by atoms with Crippen LogP contribution in [-0.4, -0.2) is 20.8 Å². The van der Waals surface area contributed by atoms with Crippen molar-refractivity contribution in [1.82, 2.24) is 14.8 Å². The van der Waals surface area contributed by atoms with Gasteiger partial charge in [0, 0.05) is 11.7 Å². The van der Waals surface area contributed by atoms with Crippen LogP contribution in [0.5, 0.6) is 0 Å². The van der Waals surface area contributed by atoms with E-state index in [0.717, 1.165) is 11.6 Å². The monoisotopic (exact) mass is 256 g/mol. The van der Waals surface area contributed by atoms with Gasteiger partial charge in [-0.05, 0) is 49.9 Å². The molecule has 0 bridgehead atoms. The van der Waals surface area contributed by atoms with Crippen molar-refractivity contribution in [2.24, 2.45) is 5.92 Å². The quantitative estimate of drug-likeness (QED) is 0.913. The minimum atomic E-state index is 0.555. The number of hydrogen-bond donors (Lipinski definition) is 1. The van der Waals surface area contributed by atoms with Crippen molar-refractivity contribution in [3.63, 3.8) is 0 Å². The van der Waals surface area contributed by atoms with Crippen molar-refractivity contribution in [2.45, 2.75) is 38.6 Å². The van der Waals surface area contributed by atoms with Gasteiger partial charge in [0.2, 0.25) is 0 Å². The molecule has 1 heterocycles. The third-order valence-corrected chi connectivity index (χ3v) is 4.05. The lowest BCUT2D eigenvalue weighted by atomic mass is 9.99. The second-order valence-corrected chi connectivity index (χ2v) is 5.36. The van der Waals surface area contributed by atoms with Crippen molar-refractivity contribution in [3.8, 4) is 5.69 Å². The summed E-state index contributed by atoms with van der Waals surface area (Å²) < 4.78 is 1.77. The summed E-state index contributed by atoms with van der Waals surface area (Å²) in [5, 5.41) is 7.74. The zero-order valence-electron chi connectivity index (χ0n) is 11.3. The maximum atomic E-state index is 4.13. The van der Waals surface area contributed by atoms with Crippen LogP contribution in [0.15, 0.2) is 36.9 Å². The minimum Gasteiger partial charge on any atom is -0.382 e. The second kappa shape index (κ2) is 5.43. The molecule has 1 aromatic heterocycles. The number of aromatic nitrogens is 3. The number of nitrogens with zero attached hydrogens (tertiary/aromatic N) is 3. The number of rotatable bonds is 4. The van der Waals surface area contributed by atoms with Gasteiger partial charge >= 0.3 is 0 Å². The normalized spacial score (nSPS) is 17.5. The molecule has 4 heteroatoms. The molecule has 0 aliphatic heterocycles. The number of hydrogen-bond acceptors (Lipinski definition) is 3. The summed E-state index contributed by atoms with van der Waals surface area (Å²) in [5.74, 6) is 0.829. The smallest absolute Gasteiger partial charge is 0.138 e. The highest BCUT2D eigenvalue weighted by atomic mass is 15.3. The Morgan fingerprint density at radius 2 is 1.95 bits per heavy atom. The molecular formula is C15H20N4. The maximum Gasteiger partial charge on any atom is 0.138 e. The fourth-order valence-electron chi connectivity index (χ4n) is 2.89. The second-order valence-electron chi connectivity index (χ2n) is 5.36. The predicted octanol–water partition coefficient (Wildman–Crippen LogP) is 3.26. The molecule has 3 rings (SSSR count). The van der Waals surface area contributed by atoms with Crippen LogP contribution in [-0.2, 0) is 0 Å². The van der Waals surface area contributed by atoms with Crippen molar-refractivity contribution in [2.75, 3.05) is 5.32 Å². The van der Waals surface area contributed by atoms with Gasteiger partial charge in [0.05, 0.1) is 5.69 Å². The summed E-state index contributed by atoms with van der Waals surface area (Å²) in [6.45, 7) is 2.29. The Morgan fingerprint density at radius 3 is 2.58 bits per heavy atom. The molecule has 19 heavy (non-hydrogen) atoms. The van der Waals surface area contributed by atoms with E-state index in [2.05, 4.69) is 46.6 Å². The molecule has 0 amide bonds. The Hall–Kier alpha value is -1.84. The molecule has 0 saturated heterocycles. The minimum absolute atomic E-state index is 0.555. The van der Waals surface area contributed by atoms with Crippen LogP contribution in [0.25, 0.3) is 5.69 Å². The first-order valence-corrected chi connectivity index (χ1v) is 7.04. The Labute approximate surface area is 113 Å². The summed E-state index contributed by atoms with van der Waals surface area (Å²) in [6, 6.07) is 8.92. The molecule has 1 fully saturated rings. The number of nitrogens with one attached hydrogen (secondary N) is 1. The molecule has 1 N–H and O–H groups in total. The third-order valence-electron chi connectivity index (χ3n) is 4.05. The van der Waals surface area contributed by atoms with Gasteiger partial charge in [0.15, 0.2) is 0 Å². The fraction of sp³-hybridized carbons (Fsp3) is 0.467. The summed E-state index contributed by atoms with van der Waals surface area (Å²) in [5.41, 5.74) is 2.22. The van der Waals surface area contributed by atoms with Crippen molar-refractivity contribution in [3.05, 3.63) is 36.9 Å². The number of anilines is 1. The van der Waals surface area contributed by atoms with Crippen LogP contribution in [0.2, 0.25) is 0 Å². The first-order chi connectivity index (χ1) is 9.33. The molecule has 4 nitrogen and oxygen atoms in total. The van der Waals surface area contributed by atoms with Crippen molar-refractivity contribution < 1.29 is 0 Å². The zero-order chi connectivity index (χ0) is 13.1. The summed E-state index contributed by atoms with van der Waals surface area (Å²) >= 11 is 0. The molecule has 1 atom stereocenters. The fourth-order valence-corrected chi connectivity index (χ4v) is 2.89. The molecule has 1 aliphatic carbocycles. The molecule has 0 spiro atoms. The van der Waals surface area contributed by atoms with E-state index in [1.165, 1.54) is 31.4 Å². The Kier molecular flexibility index (Phi) is 3.49. The van der Waals surface area contributed by atoms with Gasteiger partial charge in [-0.1, -0.05) is 12.8 Å². The van der Waals surface area contributed by atoms with Crippen molar-refractivity contribution >= 4 is 5.69 Å². The van der Waals surface area contributed by atoms with E-state index in [1.807, 2.05) is 0 Å². The van der Waals surface area contributed by atoms with E-state index in [9.17, 15) is 0 Å². The Bertz CT molecular complexity index is 497. The molecule has 1 aliphatic rings. The molecule has 1 aromatic carbocycles. The van der Waals surface area contributed by atoms with E-state index >= 15 is 0 Å². The van der Waals surface area contributed by atoms with E-state index in [0.29, 0.717) is 6.04 Å². The lowest BCUT2D eigenvalue weighted by Crippen LogP contribution is -2.23. The molecular weight excluding hydrogens is 236 g/mol. The lowest BCUT2D eigenvalue weighted by Gasteiger charge is -2.21. The topological polar surface area (TPSA) is 42.7 Å². The van der Waals surface area contributed by atoms with Crippen LogP contribution in [0.3, 0.4) is 0 Å². The summed E-state index contributed by atoms with van der Waals surface area (Å²) in [7, 11) is 0. The highest BCUT2D eigenvalue weighted by molar-refractivity contribution is 5.49. The Morgan fingerprint density at radius 1 is 1.21 bits per heavy atom. The predicted molar refractivity (Wildman–Crippen MR) is 76.4 cm³/mol. The summed E-state index contributed by atoms with van der Waals surface area (Å²) in [4.78, 5) is 3.96. The van der Waals surface area contributed by atoms with Gasteiger partial charge in [-0.25, -0.2) is 9.67 Å². The van der Waals surface area contributed by atoms with E-state index in [-0.39, 0.29) is 0 Å². The third kappa shape index (κ3) is 2.78. The van der Waals surface area contributed by atoms with Crippen LogP contribution in [0.1, 0.15) is 32.6 Å². The van der Waals surface area contributed by atoms with E-state index < -0.39 is 0 Å². The maximum absolute atomic E-state index is 4.13. The largest absolute Gasteiger partial charge is 0.382 e. The van der Waals surface area contributed by atoms with Gasteiger partial charge < -0.3 is 5.32 Å². The standard InChI is InChI=1S/C15H20N4/c1-12(13-4-2-3-5-13)18-14-6-8-15(9-7-14)19-11-16-10-17-19/h6-13,18H,2-5H2,1H3. The van der Waals surface area contributed by atoms with Gasteiger partial charge in [-0.2, -0.15) is 5.10 Å². The molecule has 1 saturated carbocycles. The van der Waals surface area contributed by atoms with Gasteiger partial charge in [-0.15, -0.1) is 0 Å². The highest BCUT2D eigenvalue weighted by Crippen LogP contribution is 2.29. The van der Waals surface area contributed by atoms with E-state index in [4.69, 9.17) is 0 Å². The first-order valence-electron chi connectivity index (χ1n) is 7.04. The number of benzene rings is 1. The molecule has 0 radical (unpaired) electrons. The highest BCUT2D eigenvalue weighted by Gasteiger charge is 2.21. The van der Waals surface area contributed by atoms with Gasteiger partial charge in [-0.3, -0.25) is 0 Å². The molecule has 1 unspecified atom stereocenters. The van der Waals surface area contributed by atoms with Crippen molar-refractivity contribution in [1.29, 1.82) is 0 Å². The SMILES string of the molecule is CC(Nc1ccc(-n2cncn2)cc1)C1CCCC1. The molecule has 100 valence electrons. The Balaban J connectivity index is 1.65. The van der Waals surface area contributed by atoms with Crippen LogP contribution < -0.4 is 5.32 Å². The molecule has 2 aromatic rings. The summed E-state index contributed by atoms with van der Waals surface area (Å²) in [6.07, 6.45) is 8.78. The van der Waals surface area contributed by atoms with Crippen LogP contribution >= 0.6 is 0 Å². The first kappa shape index (κ1) is 12.2. The van der Waals surface area contributed by atoms with Crippen LogP contribution in [0.4, 0.5) is 5.69 Å². The van der Waals surface area contributed by atoms with Crippen LogP contribution in [0, 0.1) is 5.92 Å². The average Bonchev–Trinajstić information content (AvgIpc) is 3.13. The van der Waals surface area contributed by atoms with Gasteiger partial charge in [0.25, 0.3) is 0 Å². The zero-order valence-corrected chi connectivity index (χ0v) is 11.3. The van der Waals surface area contributed by atoms with Gasteiger partial charge in [0.1, 0.15) is 12.7 Å².